The number of amides is 2. The Bertz CT molecular complexity index is 883. The summed E-state index contributed by atoms with van der Waals surface area (Å²) in [6.07, 6.45) is 0. The Labute approximate surface area is 146 Å². The second-order valence-corrected chi connectivity index (χ2v) is 6.11. The normalized spacial score (nSPS) is 10.5. The molecule has 3 rings (SSSR count). The van der Waals surface area contributed by atoms with Gasteiger partial charge in [-0.25, -0.2) is 4.98 Å². The maximum Gasteiger partial charge on any atom is 0.269 e. The van der Waals surface area contributed by atoms with Crippen LogP contribution in [0.5, 0.6) is 0 Å². The molecule has 0 atom stereocenters. The van der Waals surface area contributed by atoms with Gasteiger partial charge in [0.1, 0.15) is 5.52 Å². The molecule has 0 bridgehead atoms. The molecule has 0 radical (unpaired) electrons. The number of carbonyl (C=O) groups excluding carboxylic acids is 2. The highest BCUT2D eigenvalue weighted by atomic mass is 35.5. The number of hydrogen-bond donors (Lipinski definition) is 2. The summed E-state index contributed by atoms with van der Waals surface area (Å²) >= 11 is 7.01. The van der Waals surface area contributed by atoms with Crippen molar-refractivity contribution in [1.29, 1.82) is 0 Å². The summed E-state index contributed by atoms with van der Waals surface area (Å²) in [4.78, 5) is 27.8. The topological polar surface area (TPSA) is 84.2 Å². The second-order valence-electron chi connectivity index (χ2n) is 4.75. The van der Waals surface area contributed by atoms with Crippen LogP contribution in [0.4, 0.5) is 0 Å². The Hall–Kier alpha value is -2.51. The van der Waals surface area contributed by atoms with E-state index < -0.39 is 0 Å². The lowest BCUT2D eigenvalue weighted by Gasteiger charge is -2.06. The van der Waals surface area contributed by atoms with E-state index in [1.807, 2.05) is 0 Å². The number of carbonyl (C=O) groups is 2. The number of benzene rings is 2. The quantitative estimate of drug-likeness (QED) is 0.551. The summed E-state index contributed by atoms with van der Waals surface area (Å²) in [5.41, 5.74) is 6.38. The van der Waals surface area contributed by atoms with Crippen molar-refractivity contribution in [2.45, 2.75) is 5.22 Å². The molecule has 0 spiro atoms. The molecule has 1 aromatic heterocycles. The van der Waals surface area contributed by atoms with E-state index in [-0.39, 0.29) is 17.6 Å². The number of nitrogens with zero attached hydrogens (tertiary/aromatic N) is 1. The molecule has 0 aliphatic carbocycles. The number of halogens is 1. The van der Waals surface area contributed by atoms with Crippen molar-refractivity contribution in [2.24, 2.45) is 0 Å². The van der Waals surface area contributed by atoms with Crippen LogP contribution in [0, 0.1) is 0 Å². The molecular formula is C16H12ClN3O3S. The van der Waals surface area contributed by atoms with Gasteiger partial charge in [-0.1, -0.05) is 41.6 Å². The standard InChI is InChI=1S/C16H12ClN3O3S/c17-11-6-7-13-12(8-11)18-16(23-13)24-9-14(21)19-20-15(22)10-4-2-1-3-5-10/h1-8H,9H2,(H,19,21)(H,20,22). The van der Waals surface area contributed by atoms with E-state index >= 15 is 0 Å². The molecule has 0 fully saturated rings. The van der Waals surface area contributed by atoms with Crippen LogP contribution in [-0.4, -0.2) is 22.6 Å². The molecule has 6 nitrogen and oxygen atoms in total. The highest BCUT2D eigenvalue weighted by Gasteiger charge is 2.11. The fourth-order valence-corrected chi connectivity index (χ4v) is 2.70. The number of fused-ring (bicyclic) bond motifs is 1. The molecule has 1 heterocycles. The number of oxazole rings is 1. The third-order valence-corrected chi connectivity index (χ3v) is 4.07. The van der Waals surface area contributed by atoms with Crippen LogP contribution in [0.25, 0.3) is 11.1 Å². The van der Waals surface area contributed by atoms with Gasteiger partial charge < -0.3 is 4.42 Å². The van der Waals surface area contributed by atoms with Crippen molar-refractivity contribution < 1.29 is 14.0 Å². The highest BCUT2D eigenvalue weighted by molar-refractivity contribution is 7.99. The summed E-state index contributed by atoms with van der Waals surface area (Å²) in [6.45, 7) is 0. The molecule has 0 aliphatic heterocycles. The molecule has 0 unspecified atom stereocenters. The first-order chi connectivity index (χ1) is 11.6. The lowest BCUT2D eigenvalue weighted by atomic mass is 10.2. The van der Waals surface area contributed by atoms with E-state index in [0.29, 0.717) is 26.9 Å². The maximum atomic E-state index is 11.8. The van der Waals surface area contributed by atoms with Crippen LogP contribution in [-0.2, 0) is 4.79 Å². The van der Waals surface area contributed by atoms with E-state index in [9.17, 15) is 9.59 Å². The van der Waals surface area contributed by atoms with Crippen molar-refractivity contribution in [3.05, 3.63) is 59.1 Å². The molecule has 2 aromatic carbocycles. The molecule has 24 heavy (non-hydrogen) atoms. The van der Waals surface area contributed by atoms with Crippen molar-refractivity contribution in [2.75, 3.05) is 5.75 Å². The predicted octanol–water partition coefficient (Wildman–Crippen LogP) is 3.03. The van der Waals surface area contributed by atoms with E-state index in [0.717, 1.165) is 11.8 Å². The fraction of sp³-hybridized carbons (Fsp3) is 0.0625. The SMILES string of the molecule is O=C(CSc1nc2cc(Cl)ccc2o1)NNC(=O)c1ccccc1. The zero-order chi connectivity index (χ0) is 16.9. The van der Waals surface area contributed by atoms with Crippen LogP contribution in [0.1, 0.15) is 10.4 Å². The molecule has 0 saturated carbocycles. The molecule has 3 aromatic rings. The summed E-state index contributed by atoms with van der Waals surface area (Å²) in [5.74, 6) is -0.703. The Morgan fingerprint density at radius 2 is 1.92 bits per heavy atom. The van der Waals surface area contributed by atoms with Crippen LogP contribution in [0.2, 0.25) is 5.02 Å². The van der Waals surface area contributed by atoms with Crippen molar-refractivity contribution >= 4 is 46.3 Å². The first-order valence-electron chi connectivity index (χ1n) is 6.95. The molecule has 8 heteroatoms. The Morgan fingerprint density at radius 3 is 2.71 bits per heavy atom. The van der Waals surface area contributed by atoms with Gasteiger partial charge in [0.15, 0.2) is 5.58 Å². The average molecular weight is 362 g/mol. The van der Waals surface area contributed by atoms with E-state index in [2.05, 4.69) is 15.8 Å². The van der Waals surface area contributed by atoms with Crippen LogP contribution < -0.4 is 10.9 Å². The summed E-state index contributed by atoms with van der Waals surface area (Å²) in [7, 11) is 0. The number of rotatable bonds is 4. The Morgan fingerprint density at radius 1 is 1.12 bits per heavy atom. The van der Waals surface area contributed by atoms with Crippen molar-refractivity contribution in [3.63, 3.8) is 0 Å². The van der Waals surface area contributed by atoms with E-state index in [1.54, 1.807) is 48.5 Å². The molecule has 122 valence electrons. The largest absolute Gasteiger partial charge is 0.431 e. The van der Waals surface area contributed by atoms with Crippen LogP contribution in [0.15, 0.2) is 58.2 Å². The highest BCUT2D eigenvalue weighted by Crippen LogP contribution is 2.25. The number of thioether (sulfide) groups is 1. The third-order valence-electron chi connectivity index (χ3n) is 3.01. The summed E-state index contributed by atoms with van der Waals surface area (Å²) in [5, 5.41) is 0.922. The van der Waals surface area contributed by atoms with Crippen LogP contribution >= 0.6 is 23.4 Å². The second kappa shape index (κ2) is 7.37. The molecule has 2 amide bonds. The minimum Gasteiger partial charge on any atom is -0.431 e. The minimum absolute atomic E-state index is 0.0512. The lowest BCUT2D eigenvalue weighted by Crippen LogP contribution is -2.42. The van der Waals surface area contributed by atoms with Gasteiger partial charge in [-0.05, 0) is 30.3 Å². The van der Waals surface area contributed by atoms with Gasteiger partial charge in [0.2, 0.25) is 5.91 Å². The molecule has 0 aliphatic rings. The molecule has 0 saturated heterocycles. The van der Waals surface area contributed by atoms with Gasteiger partial charge in [-0.15, -0.1) is 0 Å². The number of hydrogen-bond acceptors (Lipinski definition) is 5. The zero-order valence-corrected chi connectivity index (χ0v) is 13.9. The van der Waals surface area contributed by atoms with E-state index in [1.165, 1.54) is 0 Å². The number of nitrogens with one attached hydrogen (secondary N) is 2. The first-order valence-corrected chi connectivity index (χ1v) is 8.31. The summed E-state index contributed by atoms with van der Waals surface area (Å²) < 4.78 is 5.49. The lowest BCUT2D eigenvalue weighted by molar-refractivity contribution is -0.119. The van der Waals surface area contributed by atoms with Gasteiger partial charge in [-0.3, -0.25) is 20.4 Å². The Balaban J connectivity index is 1.50. The average Bonchev–Trinajstić information content (AvgIpc) is 3.00. The fourth-order valence-electron chi connectivity index (χ4n) is 1.89. The third kappa shape index (κ3) is 4.06. The predicted molar refractivity (Wildman–Crippen MR) is 91.8 cm³/mol. The monoisotopic (exact) mass is 361 g/mol. The summed E-state index contributed by atoms with van der Waals surface area (Å²) in [6, 6.07) is 13.7. The van der Waals surface area contributed by atoms with Gasteiger partial charge in [0.25, 0.3) is 11.1 Å². The van der Waals surface area contributed by atoms with Gasteiger partial charge in [0.05, 0.1) is 5.75 Å². The molecular weight excluding hydrogens is 350 g/mol. The zero-order valence-electron chi connectivity index (χ0n) is 12.3. The van der Waals surface area contributed by atoms with Crippen LogP contribution in [0.3, 0.4) is 0 Å². The Kier molecular flexibility index (Phi) is 5.02. The number of hydrazine groups is 1. The first kappa shape index (κ1) is 16.4. The van der Waals surface area contributed by atoms with Crippen molar-refractivity contribution in [1.82, 2.24) is 15.8 Å². The van der Waals surface area contributed by atoms with Gasteiger partial charge in [-0.2, -0.15) is 0 Å². The maximum absolute atomic E-state index is 11.8. The number of aromatic nitrogens is 1. The van der Waals surface area contributed by atoms with Gasteiger partial charge >= 0.3 is 0 Å². The van der Waals surface area contributed by atoms with Gasteiger partial charge in [0, 0.05) is 10.6 Å². The van der Waals surface area contributed by atoms with E-state index in [4.69, 9.17) is 16.0 Å². The minimum atomic E-state index is -0.384. The van der Waals surface area contributed by atoms with Crippen molar-refractivity contribution in [3.8, 4) is 0 Å². The molecule has 2 N–H and O–H groups in total. The smallest absolute Gasteiger partial charge is 0.269 e.